The van der Waals surface area contributed by atoms with Gasteiger partial charge in [-0.25, -0.2) is 0 Å². The Kier molecular flexibility index (Phi) is 5.79. The number of amides is 1. The Hall–Kier alpha value is -1.10. The van der Waals surface area contributed by atoms with Crippen molar-refractivity contribution in [1.82, 2.24) is 10.2 Å². The average molecular weight is 270 g/mol. The van der Waals surface area contributed by atoms with Gasteiger partial charge in [-0.2, -0.15) is 0 Å². The zero-order valence-corrected chi connectivity index (χ0v) is 12.2. The van der Waals surface area contributed by atoms with E-state index >= 15 is 0 Å². The molecule has 1 rings (SSSR count). The zero-order valence-electron chi connectivity index (χ0n) is 12.2. The predicted molar refractivity (Wildman–Crippen MR) is 73.9 cm³/mol. The van der Waals surface area contributed by atoms with Crippen molar-refractivity contribution in [2.24, 2.45) is 5.92 Å². The third-order valence-electron chi connectivity index (χ3n) is 3.33. The molecule has 1 atom stereocenters. The number of nitrogens with one attached hydrogen (secondary N) is 1. The van der Waals surface area contributed by atoms with Gasteiger partial charge in [0, 0.05) is 38.0 Å². The molecule has 0 aliphatic carbocycles. The predicted octanol–water partition coefficient (Wildman–Crippen LogP) is 1.48. The summed E-state index contributed by atoms with van der Waals surface area (Å²) in [4.78, 5) is 24.6. The SMILES string of the molecule is CC(C)(C)NCCC(=O)N1CCCC(CC(=O)O)C1. The molecule has 1 heterocycles. The Bertz CT molecular complexity index is 323. The molecule has 110 valence electrons. The molecule has 5 heteroatoms. The van der Waals surface area contributed by atoms with Gasteiger partial charge in [0.1, 0.15) is 0 Å². The van der Waals surface area contributed by atoms with Gasteiger partial charge in [0.2, 0.25) is 5.91 Å². The first-order valence-corrected chi connectivity index (χ1v) is 7.02. The summed E-state index contributed by atoms with van der Waals surface area (Å²) in [6, 6.07) is 0. The number of likely N-dealkylation sites (tertiary alicyclic amines) is 1. The van der Waals surface area contributed by atoms with Gasteiger partial charge in [0.25, 0.3) is 0 Å². The molecule has 0 aromatic rings. The molecule has 1 aliphatic heterocycles. The molecule has 0 aromatic carbocycles. The summed E-state index contributed by atoms with van der Waals surface area (Å²) in [5.74, 6) is -0.522. The minimum atomic E-state index is -0.770. The van der Waals surface area contributed by atoms with Gasteiger partial charge in [-0.15, -0.1) is 0 Å². The molecule has 5 nitrogen and oxygen atoms in total. The zero-order chi connectivity index (χ0) is 14.5. The molecule has 1 amide bonds. The topological polar surface area (TPSA) is 69.6 Å². The maximum atomic E-state index is 12.1. The van der Waals surface area contributed by atoms with Crippen LogP contribution >= 0.6 is 0 Å². The van der Waals surface area contributed by atoms with Crippen molar-refractivity contribution in [3.05, 3.63) is 0 Å². The van der Waals surface area contributed by atoms with Gasteiger partial charge in [-0.05, 0) is 39.5 Å². The van der Waals surface area contributed by atoms with Crippen LogP contribution in [0.2, 0.25) is 0 Å². The molecule has 0 aromatic heterocycles. The van der Waals surface area contributed by atoms with Crippen LogP contribution in [0.15, 0.2) is 0 Å². The maximum Gasteiger partial charge on any atom is 0.303 e. The fourth-order valence-corrected chi connectivity index (χ4v) is 2.41. The van der Waals surface area contributed by atoms with Crippen LogP contribution in [0.25, 0.3) is 0 Å². The van der Waals surface area contributed by atoms with Crippen LogP contribution in [-0.4, -0.2) is 47.1 Å². The molecule has 1 saturated heterocycles. The van der Waals surface area contributed by atoms with Crippen molar-refractivity contribution in [2.75, 3.05) is 19.6 Å². The lowest BCUT2D eigenvalue weighted by atomic mass is 9.94. The molecule has 0 spiro atoms. The number of carboxylic acids is 1. The number of hydrogen-bond donors (Lipinski definition) is 2. The first kappa shape index (κ1) is 16.0. The molecule has 0 saturated carbocycles. The van der Waals surface area contributed by atoms with Crippen molar-refractivity contribution in [2.45, 2.75) is 52.0 Å². The Morgan fingerprint density at radius 3 is 2.63 bits per heavy atom. The molecule has 19 heavy (non-hydrogen) atoms. The molecule has 0 radical (unpaired) electrons. The highest BCUT2D eigenvalue weighted by atomic mass is 16.4. The quantitative estimate of drug-likeness (QED) is 0.794. The molecule has 1 unspecified atom stereocenters. The molecule has 1 aliphatic rings. The van der Waals surface area contributed by atoms with Crippen LogP contribution in [0, 0.1) is 5.92 Å². The van der Waals surface area contributed by atoms with Gasteiger partial charge >= 0.3 is 5.97 Å². The number of aliphatic carboxylic acids is 1. The first-order valence-electron chi connectivity index (χ1n) is 7.02. The average Bonchev–Trinajstić information content (AvgIpc) is 2.26. The van der Waals surface area contributed by atoms with E-state index in [1.165, 1.54) is 0 Å². The fraction of sp³-hybridized carbons (Fsp3) is 0.857. The van der Waals surface area contributed by atoms with E-state index in [1.54, 1.807) is 0 Å². The minimum Gasteiger partial charge on any atom is -0.481 e. The van der Waals surface area contributed by atoms with Crippen LogP contribution < -0.4 is 5.32 Å². The van der Waals surface area contributed by atoms with E-state index in [1.807, 2.05) is 4.90 Å². The highest BCUT2D eigenvalue weighted by Crippen LogP contribution is 2.20. The normalized spacial score (nSPS) is 20.4. The summed E-state index contributed by atoms with van der Waals surface area (Å²) in [5, 5.41) is 12.1. The Morgan fingerprint density at radius 2 is 2.05 bits per heavy atom. The van der Waals surface area contributed by atoms with Crippen LogP contribution in [-0.2, 0) is 9.59 Å². The first-order chi connectivity index (χ1) is 8.78. The number of carboxylic acid groups (broad SMARTS) is 1. The fourth-order valence-electron chi connectivity index (χ4n) is 2.41. The molecule has 2 N–H and O–H groups in total. The lowest BCUT2D eigenvalue weighted by molar-refractivity contribution is -0.140. The highest BCUT2D eigenvalue weighted by molar-refractivity contribution is 5.76. The standard InChI is InChI=1S/C14H26N2O3/c1-14(2,3)15-7-6-12(17)16-8-4-5-11(10-16)9-13(18)19/h11,15H,4-10H2,1-3H3,(H,18,19). The van der Waals surface area contributed by atoms with E-state index in [-0.39, 0.29) is 23.8 Å². The summed E-state index contributed by atoms with van der Waals surface area (Å²) in [6.07, 6.45) is 2.48. The second-order valence-corrected chi connectivity index (χ2v) is 6.37. The summed E-state index contributed by atoms with van der Waals surface area (Å²) >= 11 is 0. The Labute approximate surface area is 115 Å². The minimum absolute atomic E-state index is 0.0218. The van der Waals surface area contributed by atoms with Gasteiger partial charge < -0.3 is 15.3 Å². The van der Waals surface area contributed by atoms with Gasteiger partial charge in [-0.1, -0.05) is 0 Å². The van der Waals surface area contributed by atoms with E-state index in [9.17, 15) is 9.59 Å². The van der Waals surface area contributed by atoms with E-state index in [4.69, 9.17) is 5.11 Å². The molecular weight excluding hydrogens is 244 g/mol. The number of carbonyl (C=O) groups is 2. The Morgan fingerprint density at radius 1 is 1.37 bits per heavy atom. The largest absolute Gasteiger partial charge is 0.481 e. The van der Waals surface area contributed by atoms with Crippen LogP contribution in [0.5, 0.6) is 0 Å². The summed E-state index contributed by atoms with van der Waals surface area (Å²) in [5.41, 5.74) is 0.0218. The van der Waals surface area contributed by atoms with Gasteiger partial charge in [-0.3, -0.25) is 9.59 Å². The van der Waals surface area contributed by atoms with Crippen molar-refractivity contribution in [3.8, 4) is 0 Å². The third kappa shape index (κ3) is 6.57. The summed E-state index contributed by atoms with van der Waals surface area (Å²) < 4.78 is 0. The van der Waals surface area contributed by atoms with Gasteiger partial charge in [0.05, 0.1) is 0 Å². The smallest absolute Gasteiger partial charge is 0.303 e. The number of nitrogens with zero attached hydrogens (tertiary/aromatic N) is 1. The van der Waals surface area contributed by atoms with E-state index in [0.717, 1.165) is 19.4 Å². The molecule has 0 bridgehead atoms. The van der Waals surface area contributed by atoms with E-state index in [2.05, 4.69) is 26.1 Å². The highest BCUT2D eigenvalue weighted by Gasteiger charge is 2.25. The lowest BCUT2D eigenvalue weighted by Crippen LogP contribution is -2.43. The second-order valence-electron chi connectivity index (χ2n) is 6.37. The number of hydrogen-bond acceptors (Lipinski definition) is 3. The van der Waals surface area contributed by atoms with Crippen LogP contribution in [0.1, 0.15) is 46.5 Å². The summed E-state index contributed by atoms with van der Waals surface area (Å²) in [7, 11) is 0. The third-order valence-corrected chi connectivity index (χ3v) is 3.33. The number of rotatable bonds is 5. The number of piperidine rings is 1. The molecular formula is C14H26N2O3. The monoisotopic (exact) mass is 270 g/mol. The lowest BCUT2D eigenvalue weighted by Gasteiger charge is -2.32. The van der Waals surface area contributed by atoms with Crippen molar-refractivity contribution >= 4 is 11.9 Å². The van der Waals surface area contributed by atoms with E-state index in [0.29, 0.717) is 19.5 Å². The van der Waals surface area contributed by atoms with Crippen molar-refractivity contribution in [1.29, 1.82) is 0 Å². The van der Waals surface area contributed by atoms with Crippen molar-refractivity contribution < 1.29 is 14.7 Å². The van der Waals surface area contributed by atoms with Gasteiger partial charge in [0.15, 0.2) is 0 Å². The van der Waals surface area contributed by atoms with Crippen LogP contribution in [0.4, 0.5) is 0 Å². The van der Waals surface area contributed by atoms with Crippen molar-refractivity contribution in [3.63, 3.8) is 0 Å². The second kappa shape index (κ2) is 6.89. The molecule has 1 fully saturated rings. The van der Waals surface area contributed by atoms with E-state index < -0.39 is 5.97 Å². The Balaban J connectivity index is 2.33. The number of carbonyl (C=O) groups excluding carboxylic acids is 1. The van der Waals surface area contributed by atoms with Crippen LogP contribution in [0.3, 0.4) is 0 Å². The summed E-state index contributed by atoms with van der Waals surface area (Å²) in [6.45, 7) is 8.25. The maximum absolute atomic E-state index is 12.1.